The highest BCUT2D eigenvalue weighted by Crippen LogP contribution is 2.50. The highest BCUT2D eigenvalue weighted by atomic mass is 79.9. The zero-order valence-corrected chi connectivity index (χ0v) is 12.2. The smallest absolute Gasteiger partial charge is 0.131 e. The molecule has 2 heterocycles. The van der Waals surface area contributed by atoms with Crippen molar-refractivity contribution in [2.24, 2.45) is 5.92 Å². The molecule has 0 atom stereocenters. The van der Waals surface area contributed by atoms with Gasteiger partial charge in [0.25, 0.3) is 0 Å². The van der Waals surface area contributed by atoms with Crippen molar-refractivity contribution in [3.05, 3.63) is 21.3 Å². The summed E-state index contributed by atoms with van der Waals surface area (Å²) < 4.78 is 0.855. The zero-order chi connectivity index (χ0) is 12.8. The summed E-state index contributed by atoms with van der Waals surface area (Å²) in [5.41, 5.74) is 1.23. The minimum atomic E-state index is 0.0799. The highest BCUT2D eigenvalue weighted by Gasteiger charge is 2.44. The lowest BCUT2D eigenvalue weighted by atomic mass is 9.68. The summed E-state index contributed by atoms with van der Waals surface area (Å²) in [6.45, 7) is 0.893. The van der Waals surface area contributed by atoms with E-state index in [-0.39, 0.29) is 11.3 Å². The molecule has 1 fully saturated rings. The fourth-order valence-corrected chi connectivity index (χ4v) is 3.79. The van der Waals surface area contributed by atoms with E-state index in [9.17, 15) is 0 Å². The molecule has 0 saturated heterocycles. The van der Waals surface area contributed by atoms with Crippen molar-refractivity contribution in [3.63, 3.8) is 0 Å². The third-order valence-corrected chi connectivity index (χ3v) is 5.44. The first-order valence-electron chi connectivity index (χ1n) is 6.14. The molecule has 0 unspecified atom stereocenters. The van der Waals surface area contributed by atoms with Crippen molar-refractivity contribution in [1.29, 1.82) is 5.26 Å². The minimum Gasteiger partial charge on any atom is -0.369 e. The van der Waals surface area contributed by atoms with Crippen LogP contribution in [0.5, 0.6) is 0 Å². The fraction of sp³-hybridized carbons (Fsp3) is 0.538. The molecule has 0 aromatic carbocycles. The maximum Gasteiger partial charge on any atom is 0.131 e. The molecule has 0 amide bonds. The van der Waals surface area contributed by atoms with E-state index in [1.165, 1.54) is 0 Å². The number of aromatic nitrogens is 1. The van der Waals surface area contributed by atoms with Crippen LogP contribution in [0.1, 0.15) is 31.2 Å². The summed E-state index contributed by atoms with van der Waals surface area (Å²) in [4.78, 5) is 4.40. The van der Waals surface area contributed by atoms with Crippen LogP contribution in [0.4, 0.5) is 5.82 Å². The van der Waals surface area contributed by atoms with Gasteiger partial charge in [0.1, 0.15) is 5.82 Å². The third kappa shape index (κ3) is 1.72. The first-order valence-corrected chi connectivity index (χ1v) is 7.31. The summed E-state index contributed by atoms with van der Waals surface area (Å²) in [5.74, 6) is 1.12. The molecule has 1 saturated carbocycles. The Bertz CT molecular complexity index is 530. The van der Waals surface area contributed by atoms with E-state index in [0.717, 1.165) is 53.1 Å². The van der Waals surface area contributed by atoms with Crippen molar-refractivity contribution in [2.75, 3.05) is 11.9 Å². The van der Waals surface area contributed by atoms with Gasteiger partial charge in [0, 0.05) is 29.6 Å². The molecular weight excluding hydrogens is 314 g/mol. The van der Waals surface area contributed by atoms with Crippen molar-refractivity contribution in [3.8, 4) is 6.07 Å². The highest BCUT2D eigenvalue weighted by molar-refractivity contribution is 9.10. The predicted octanol–water partition coefficient (Wildman–Crippen LogP) is 3.87. The van der Waals surface area contributed by atoms with Gasteiger partial charge in [-0.3, -0.25) is 0 Å². The molecule has 0 bridgehead atoms. The van der Waals surface area contributed by atoms with Crippen LogP contribution >= 0.6 is 27.5 Å². The van der Waals surface area contributed by atoms with Gasteiger partial charge in [-0.2, -0.15) is 5.26 Å². The average molecular weight is 327 g/mol. The van der Waals surface area contributed by atoms with Crippen LogP contribution in [0, 0.1) is 17.2 Å². The van der Waals surface area contributed by atoms with Crippen LogP contribution in [-0.2, 0) is 5.41 Å². The lowest BCUT2D eigenvalue weighted by Gasteiger charge is -2.35. The van der Waals surface area contributed by atoms with Gasteiger partial charge in [-0.25, -0.2) is 4.98 Å². The SMILES string of the molecule is N#C[C@H]1CC[C@]2(CC1)CNc1ncc(Br)c(Cl)c12. The number of nitrogens with one attached hydrogen (secondary N) is 1. The minimum absolute atomic E-state index is 0.0799. The van der Waals surface area contributed by atoms with Crippen LogP contribution in [0.2, 0.25) is 5.02 Å². The van der Waals surface area contributed by atoms with Crippen molar-refractivity contribution in [2.45, 2.75) is 31.1 Å². The third-order valence-electron chi connectivity index (χ3n) is 4.22. The van der Waals surface area contributed by atoms with E-state index in [1.54, 1.807) is 6.20 Å². The van der Waals surface area contributed by atoms with E-state index in [0.29, 0.717) is 0 Å². The number of pyridine rings is 1. The van der Waals surface area contributed by atoms with Gasteiger partial charge >= 0.3 is 0 Å². The number of hydrogen-bond donors (Lipinski definition) is 1. The normalized spacial score (nSPS) is 29.7. The molecule has 94 valence electrons. The maximum atomic E-state index is 9.00. The van der Waals surface area contributed by atoms with Gasteiger partial charge in [-0.15, -0.1) is 0 Å². The molecule has 3 nitrogen and oxygen atoms in total. The molecule has 1 aliphatic heterocycles. The van der Waals surface area contributed by atoms with Crippen molar-refractivity contribution < 1.29 is 0 Å². The summed E-state index contributed by atoms with van der Waals surface area (Å²) in [6, 6.07) is 2.38. The second kappa shape index (κ2) is 4.40. The fourth-order valence-electron chi connectivity index (χ4n) is 3.15. The van der Waals surface area contributed by atoms with Gasteiger partial charge in [-0.1, -0.05) is 11.6 Å². The molecule has 5 heteroatoms. The summed E-state index contributed by atoms with van der Waals surface area (Å²) in [6.07, 6.45) is 5.70. The van der Waals surface area contributed by atoms with Gasteiger partial charge in [0.2, 0.25) is 0 Å². The monoisotopic (exact) mass is 325 g/mol. The lowest BCUT2D eigenvalue weighted by Crippen LogP contribution is -2.33. The molecule has 1 aliphatic carbocycles. The van der Waals surface area contributed by atoms with Crippen molar-refractivity contribution >= 4 is 33.3 Å². The van der Waals surface area contributed by atoms with Crippen molar-refractivity contribution in [1.82, 2.24) is 4.98 Å². The van der Waals surface area contributed by atoms with Crippen LogP contribution in [0.15, 0.2) is 10.7 Å². The first kappa shape index (κ1) is 12.3. The van der Waals surface area contributed by atoms with Gasteiger partial charge in [0.05, 0.1) is 15.6 Å². The Hall–Kier alpha value is -0.790. The number of hydrogen-bond acceptors (Lipinski definition) is 3. The Labute approximate surface area is 120 Å². The lowest BCUT2D eigenvalue weighted by molar-refractivity contribution is 0.282. The number of nitrogens with zero attached hydrogens (tertiary/aromatic N) is 2. The number of halogens is 2. The second-order valence-electron chi connectivity index (χ2n) is 5.18. The topological polar surface area (TPSA) is 48.7 Å². The van der Waals surface area contributed by atoms with E-state index >= 15 is 0 Å². The van der Waals surface area contributed by atoms with Crippen LogP contribution in [-0.4, -0.2) is 11.5 Å². The molecule has 3 rings (SSSR count). The maximum absolute atomic E-state index is 9.00. The molecule has 2 aliphatic rings. The van der Waals surface area contributed by atoms with Crippen LogP contribution in [0.3, 0.4) is 0 Å². The molecular formula is C13H13BrClN3. The zero-order valence-electron chi connectivity index (χ0n) is 9.84. The summed E-state index contributed by atoms with van der Waals surface area (Å²) in [7, 11) is 0. The number of nitriles is 1. The molecule has 1 aromatic heterocycles. The Morgan fingerprint density at radius 2 is 2.22 bits per heavy atom. The van der Waals surface area contributed by atoms with E-state index in [2.05, 4.69) is 32.3 Å². The van der Waals surface area contributed by atoms with E-state index < -0.39 is 0 Å². The first-order chi connectivity index (χ1) is 8.66. The second-order valence-corrected chi connectivity index (χ2v) is 6.41. The summed E-state index contributed by atoms with van der Waals surface area (Å²) in [5, 5.41) is 13.1. The largest absolute Gasteiger partial charge is 0.369 e. The van der Waals surface area contributed by atoms with E-state index in [4.69, 9.17) is 16.9 Å². The Balaban J connectivity index is 2.00. The number of rotatable bonds is 0. The van der Waals surface area contributed by atoms with Gasteiger partial charge in [0.15, 0.2) is 0 Å². The Morgan fingerprint density at radius 1 is 1.50 bits per heavy atom. The van der Waals surface area contributed by atoms with Crippen LogP contribution < -0.4 is 5.32 Å². The molecule has 18 heavy (non-hydrogen) atoms. The predicted molar refractivity (Wildman–Crippen MR) is 74.7 cm³/mol. The Morgan fingerprint density at radius 3 is 2.89 bits per heavy atom. The summed E-state index contributed by atoms with van der Waals surface area (Å²) >= 11 is 9.89. The molecule has 1 spiro atoms. The quantitative estimate of drug-likeness (QED) is 0.787. The number of anilines is 1. The Kier molecular flexibility index (Phi) is 2.99. The van der Waals surface area contributed by atoms with Gasteiger partial charge in [-0.05, 0) is 41.6 Å². The van der Waals surface area contributed by atoms with Gasteiger partial charge < -0.3 is 5.32 Å². The molecule has 1 N–H and O–H groups in total. The molecule has 1 aromatic rings. The standard InChI is InChI=1S/C13H13BrClN3/c14-9-6-17-12-10(11(9)15)13(7-18-12)3-1-8(5-16)2-4-13/h6,8H,1-4,7H2,(H,17,18)/t8-,13-. The molecule has 0 radical (unpaired) electrons. The number of fused-ring (bicyclic) bond motifs is 2. The van der Waals surface area contributed by atoms with E-state index in [1.807, 2.05) is 0 Å². The van der Waals surface area contributed by atoms with Crippen LogP contribution in [0.25, 0.3) is 0 Å². The average Bonchev–Trinajstić information content (AvgIpc) is 2.75.